The van der Waals surface area contributed by atoms with Crippen LogP contribution in [0.15, 0.2) is 0 Å². The maximum absolute atomic E-state index is 12.0. The monoisotopic (exact) mass is 332 g/mol. The minimum Gasteiger partial charge on any atom is -0.466 e. The molecule has 0 radical (unpaired) electrons. The summed E-state index contributed by atoms with van der Waals surface area (Å²) in [6, 6.07) is 0. The van der Waals surface area contributed by atoms with Gasteiger partial charge in [0.25, 0.3) is 0 Å². The van der Waals surface area contributed by atoms with Crippen LogP contribution in [0, 0.1) is 5.92 Å². The van der Waals surface area contributed by atoms with E-state index in [4.69, 9.17) is 18.9 Å². The van der Waals surface area contributed by atoms with Crippen molar-refractivity contribution in [1.29, 1.82) is 0 Å². The normalized spacial score (nSPS) is 11.9. The summed E-state index contributed by atoms with van der Waals surface area (Å²) < 4.78 is 20.3. The topological polar surface area (TPSA) is 88.1 Å². The summed E-state index contributed by atoms with van der Waals surface area (Å²) in [5, 5.41) is 0. The van der Waals surface area contributed by atoms with Crippen molar-refractivity contribution in [3.63, 3.8) is 0 Å². The van der Waals surface area contributed by atoms with Crippen LogP contribution in [-0.4, -0.2) is 50.4 Å². The number of ether oxygens (including phenoxy) is 4. The van der Waals surface area contributed by atoms with Gasteiger partial charge in [0.1, 0.15) is 0 Å². The van der Waals surface area contributed by atoms with Crippen LogP contribution in [0.5, 0.6) is 0 Å². The van der Waals surface area contributed by atoms with Gasteiger partial charge in [-0.25, -0.2) is 0 Å². The van der Waals surface area contributed by atoms with Crippen molar-refractivity contribution in [2.75, 3.05) is 26.4 Å². The largest absolute Gasteiger partial charge is 0.466 e. The quantitative estimate of drug-likeness (QED) is 0.306. The summed E-state index contributed by atoms with van der Waals surface area (Å²) in [6.07, 6.45) is 0.215. The summed E-state index contributed by atoms with van der Waals surface area (Å²) >= 11 is 0. The Bertz CT molecular complexity index is 349. The average molecular weight is 332 g/mol. The molecule has 1 atom stereocenters. The van der Waals surface area contributed by atoms with Gasteiger partial charge in [-0.3, -0.25) is 14.4 Å². The van der Waals surface area contributed by atoms with Gasteiger partial charge in [0, 0.05) is 13.0 Å². The molecule has 0 aliphatic heterocycles. The molecule has 0 bridgehead atoms. The van der Waals surface area contributed by atoms with E-state index in [0.29, 0.717) is 19.6 Å². The lowest BCUT2D eigenvalue weighted by molar-refractivity contribution is -0.163. The molecule has 134 valence electrons. The third kappa shape index (κ3) is 9.18. The van der Waals surface area contributed by atoms with Crippen molar-refractivity contribution in [2.24, 2.45) is 5.92 Å². The number of rotatable bonds is 12. The molecular formula is C16H28O7. The second-order valence-electron chi connectivity index (χ2n) is 4.71. The molecule has 0 heterocycles. The van der Waals surface area contributed by atoms with Crippen LogP contribution in [-0.2, 0) is 33.3 Å². The van der Waals surface area contributed by atoms with E-state index in [0.717, 1.165) is 0 Å². The van der Waals surface area contributed by atoms with E-state index in [-0.39, 0.29) is 32.0 Å². The van der Waals surface area contributed by atoms with Crippen LogP contribution in [0.4, 0.5) is 0 Å². The van der Waals surface area contributed by atoms with Gasteiger partial charge in [0.05, 0.1) is 25.9 Å². The van der Waals surface area contributed by atoms with E-state index >= 15 is 0 Å². The highest BCUT2D eigenvalue weighted by molar-refractivity contribution is 5.94. The summed E-state index contributed by atoms with van der Waals surface area (Å²) in [7, 11) is 0. The fraction of sp³-hybridized carbons (Fsp3) is 0.812. The number of hydrogen-bond acceptors (Lipinski definition) is 7. The Labute approximate surface area is 137 Å². The van der Waals surface area contributed by atoms with Crippen molar-refractivity contribution in [2.45, 2.75) is 53.1 Å². The lowest BCUT2D eigenvalue weighted by Crippen LogP contribution is -2.32. The summed E-state index contributed by atoms with van der Waals surface area (Å²) in [5.41, 5.74) is 0. The first kappa shape index (κ1) is 21.4. The Morgan fingerprint density at radius 1 is 0.783 bits per heavy atom. The molecule has 0 amide bonds. The fourth-order valence-corrected chi connectivity index (χ4v) is 2.05. The van der Waals surface area contributed by atoms with Gasteiger partial charge < -0.3 is 18.9 Å². The van der Waals surface area contributed by atoms with Crippen LogP contribution < -0.4 is 0 Å². The van der Waals surface area contributed by atoms with Crippen molar-refractivity contribution in [3.05, 3.63) is 0 Å². The second kappa shape index (κ2) is 12.9. The molecule has 1 unspecified atom stereocenters. The SMILES string of the molecule is CCOC(=O)CCC(CC(C(=O)OCC)C(=O)OCC)OCC. The van der Waals surface area contributed by atoms with E-state index in [9.17, 15) is 14.4 Å². The smallest absolute Gasteiger partial charge is 0.320 e. The van der Waals surface area contributed by atoms with E-state index in [1.807, 2.05) is 0 Å². The lowest BCUT2D eigenvalue weighted by Gasteiger charge is -2.21. The molecule has 0 aliphatic rings. The minimum atomic E-state index is -1.05. The Morgan fingerprint density at radius 2 is 1.30 bits per heavy atom. The van der Waals surface area contributed by atoms with Crippen LogP contribution in [0.3, 0.4) is 0 Å². The maximum atomic E-state index is 12.0. The summed E-state index contributed by atoms with van der Waals surface area (Å²) in [4.78, 5) is 35.4. The molecule has 7 nitrogen and oxygen atoms in total. The third-order valence-corrected chi connectivity index (χ3v) is 3.02. The molecule has 0 aromatic rings. The molecule has 0 fully saturated rings. The van der Waals surface area contributed by atoms with E-state index < -0.39 is 24.0 Å². The van der Waals surface area contributed by atoms with Gasteiger partial charge in [0.15, 0.2) is 5.92 Å². The summed E-state index contributed by atoms with van der Waals surface area (Å²) in [5.74, 6) is -2.65. The Hall–Kier alpha value is -1.63. The molecule has 0 aromatic carbocycles. The second-order valence-corrected chi connectivity index (χ2v) is 4.71. The molecule has 0 N–H and O–H groups in total. The highest BCUT2D eigenvalue weighted by Gasteiger charge is 2.32. The predicted molar refractivity (Wildman–Crippen MR) is 82.7 cm³/mol. The average Bonchev–Trinajstić information content (AvgIpc) is 2.50. The van der Waals surface area contributed by atoms with Gasteiger partial charge in [-0.1, -0.05) is 0 Å². The van der Waals surface area contributed by atoms with Gasteiger partial charge in [-0.05, 0) is 40.5 Å². The molecule has 0 aromatic heterocycles. The lowest BCUT2D eigenvalue weighted by atomic mass is 9.98. The van der Waals surface area contributed by atoms with E-state index in [2.05, 4.69) is 0 Å². The number of carbonyl (C=O) groups excluding carboxylic acids is 3. The first-order chi connectivity index (χ1) is 11.0. The van der Waals surface area contributed by atoms with E-state index in [1.54, 1.807) is 27.7 Å². The molecule has 23 heavy (non-hydrogen) atoms. The molecule has 7 heteroatoms. The summed E-state index contributed by atoms with van der Waals surface area (Å²) in [6.45, 7) is 7.95. The van der Waals surface area contributed by atoms with Crippen molar-refractivity contribution < 1.29 is 33.3 Å². The van der Waals surface area contributed by atoms with Gasteiger partial charge >= 0.3 is 17.9 Å². The van der Waals surface area contributed by atoms with Crippen molar-refractivity contribution in [3.8, 4) is 0 Å². The fourth-order valence-electron chi connectivity index (χ4n) is 2.05. The zero-order chi connectivity index (χ0) is 17.7. The van der Waals surface area contributed by atoms with Crippen molar-refractivity contribution >= 4 is 17.9 Å². The molecule has 0 aliphatic carbocycles. The molecule has 0 spiro atoms. The van der Waals surface area contributed by atoms with Gasteiger partial charge in [0.2, 0.25) is 0 Å². The zero-order valence-electron chi connectivity index (χ0n) is 14.5. The highest BCUT2D eigenvalue weighted by atomic mass is 16.6. The molecule has 0 saturated heterocycles. The first-order valence-electron chi connectivity index (χ1n) is 8.10. The minimum absolute atomic E-state index is 0.116. The Morgan fingerprint density at radius 3 is 1.74 bits per heavy atom. The molecular weight excluding hydrogens is 304 g/mol. The standard InChI is InChI=1S/C16H28O7/c1-5-20-12(9-10-14(17)21-6-2)11-13(15(18)22-7-3)16(19)23-8-4/h12-13H,5-11H2,1-4H3. The van der Waals surface area contributed by atoms with Crippen LogP contribution >= 0.6 is 0 Å². The number of esters is 3. The Balaban J connectivity index is 4.80. The molecule has 0 saturated carbocycles. The van der Waals surface area contributed by atoms with Crippen LogP contribution in [0.1, 0.15) is 47.0 Å². The maximum Gasteiger partial charge on any atom is 0.320 e. The predicted octanol–water partition coefficient (Wildman–Crippen LogP) is 1.87. The Kier molecular flexibility index (Phi) is 12.0. The third-order valence-electron chi connectivity index (χ3n) is 3.02. The van der Waals surface area contributed by atoms with Crippen molar-refractivity contribution in [1.82, 2.24) is 0 Å². The highest BCUT2D eigenvalue weighted by Crippen LogP contribution is 2.18. The van der Waals surface area contributed by atoms with Gasteiger partial charge in [-0.2, -0.15) is 0 Å². The van der Waals surface area contributed by atoms with E-state index in [1.165, 1.54) is 0 Å². The zero-order valence-corrected chi connectivity index (χ0v) is 14.5. The van der Waals surface area contributed by atoms with Crippen LogP contribution in [0.2, 0.25) is 0 Å². The molecule has 0 rings (SSSR count). The number of hydrogen-bond donors (Lipinski definition) is 0. The first-order valence-corrected chi connectivity index (χ1v) is 8.10. The number of carbonyl (C=O) groups is 3. The van der Waals surface area contributed by atoms with Gasteiger partial charge in [-0.15, -0.1) is 0 Å². The van der Waals surface area contributed by atoms with Crippen LogP contribution in [0.25, 0.3) is 0 Å².